The van der Waals surface area contributed by atoms with Crippen LogP contribution >= 0.6 is 11.8 Å². The van der Waals surface area contributed by atoms with Gasteiger partial charge in [-0.3, -0.25) is 0 Å². The summed E-state index contributed by atoms with van der Waals surface area (Å²) in [5, 5.41) is 9.03. The summed E-state index contributed by atoms with van der Waals surface area (Å²) < 4.78 is 43.0. The van der Waals surface area contributed by atoms with Crippen molar-refractivity contribution in [2.75, 3.05) is 39.1 Å². The number of nitrogens with zero attached hydrogens (tertiary/aromatic N) is 2. The number of carboxylic acids is 1. The predicted molar refractivity (Wildman–Crippen MR) is 90.1 cm³/mol. The standard InChI is InChI=1S/C16H23F3N2O3S/c1-11-10-12(20-6-8-24-9-7-20)21(5-3-4-16(17,18)19)14(25-2)13(11)15(22)23/h10,14H,3-9H2,1-2H3,(H,22,23). The molecule has 0 aromatic carbocycles. The second-order valence-electron chi connectivity index (χ2n) is 6.00. The van der Waals surface area contributed by atoms with Crippen LogP contribution < -0.4 is 0 Å². The highest BCUT2D eigenvalue weighted by atomic mass is 32.2. The van der Waals surface area contributed by atoms with E-state index in [2.05, 4.69) is 4.90 Å². The molecule has 0 saturated carbocycles. The van der Waals surface area contributed by atoms with Crippen LogP contribution in [0.4, 0.5) is 13.2 Å². The maximum atomic E-state index is 12.5. The molecule has 142 valence electrons. The van der Waals surface area contributed by atoms with Crippen molar-refractivity contribution < 1.29 is 27.8 Å². The maximum absolute atomic E-state index is 12.5. The van der Waals surface area contributed by atoms with Crippen LogP contribution in [0.5, 0.6) is 0 Å². The molecule has 5 nitrogen and oxygen atoms in total. The predicted octanol–water partition coefficient (Wildman–Crippen LogP) is 2.91. The fourth-order valence-corrected chi connectivity index (χ4v) is 4.08. The quantitative estimate of drug-likeness (QED) is 0.765. The lowest BCUT2D eigenvalue weighted by Crippen LogP contribution is -2.48. The summed E-state index contributed by atoms with van der Waals surface area (Å²) >= 11 is 1.33. The van der Waals surface area contributed by atoms with E-state index in [4.69, 9.17) is 4.74 Å². The molecular formula is C16H23F3N2O3S. The molecule has 1 unspecified atom stereocenters. The first-order valence-electron chi connectivity index (χ1n) is 8.09. The highest BCUT2D eigenvalue weighted by Crippen LogP contribution is 2.35. The first-order chi connectivity index (χ1) is 11.7. The highest BCUT2D eigenvalue weighted by molar-refractivity contribution is 7.99. The van der Waals surface area contributed by atoms with Gasteiger partial charge < -0.3 is 19.6 Å². The van der Waals surface area contributed by atoms with Gasteiger partial charge in [0.1, 0.15) is 11.2 Å². The van der Waals surface area contributed by atoms with Gasteiger partial charge in [0.2, 0.25) is 0 Å². The number of halogens is 3. The number of alkyl halides is 3. The Labute approximate surface area is 149 Å². The molecule has 25 heavy (non-hydrogen) atoms. The van der Waals surface area contributed by atoms with E-state index in [1.165, 1.54) is 11.8 Å². The van der Waals surface area contributed by atoms with Crippen molar-refractivity contribution in [1.29, 1.82) is 0 Å². The van der Waals surface area contributed by atoms with Crippen LogP contribution in [-0.4, -0.2) is 71.5 Å². The molecule has 0 aromatic rings. The van der Waals surface area contributed by atoms with Gasteiger partial charge in [0.05, 0.1) is 18.8 Å². The molecule has 2 aliphatic rings. The number of aliphatic carboxylic acids is 1. The van der Waals surface area contributed by atoms with Crippen LogP contribution in [0, 0.1) is 0 Å². The van der Waals surface area contributed by atoms with Gasteiger partial charge in [0.15, 0.2) is 0 Å². The first kappa shape index (κ1) is 20.0. The number of rotatable bonds is 6. The number of morpholine rings is 1. The highest BCUT2D eigenvalue weighted by Gasteiger charge is 2.36. The van der Waals surface area contributed by atoms with E-state index in [-0.39, 0.29) is 18.5 Å². The topological polar surface area (TPSA) is 53.0 Å². The summed E-state index contributed by atoms with van der Waals surface area (Å²) in [6.45, 7) is 4.26. The monoisotopic (exact) mass is 380 g/mol. The summed E-state index contributed by atoms with van der Waals surface area (Å²) in [6.07, 6.45) is -1.62. The third-order valence-corrected chi connectivity index (χ3v) is 5.18. The minimum atomic E-state index is -4.21. The molecule has 0 amide bonds. The third-order valence-electron chi connectivity index (χ3n) is 4.24. The fourth-order valence-electron chi connectivity index (χ4n) is 3.09. The van der Waals surface area contributed by atoms with E-state index < -0.39 is 23.9 Å². The van der Waals surface area contributed by atoms with Crippen molar-refractivity contribution in [3.63, 3.8) is 0 Å². The van der Waals surface area contributed by atoms with Gasteiger partial charge in [-0.05, 0) is 31.2 Å². The molecule has 2 heterocycles. The van der Waals surface area contributed by atoms with Gasteiger partial charge >= 0.3 is 12.1 Å². The minimum Gasteiger partial charge on any atom is -0.478 e. The van der Waals surface area contributed by atoms with Crippen molar-refractivity contribution in [2.45, 2.75) is 31.3 Å². The second-order valence-corrected chi connectivity index (χ2v) is 6.92. The average molecular weight is 380 g/mol. The van der Waals surface area contributed by atoms with Gasteiger partial charge in [-0.25, -0.2) is 4.79 Å². The molecule has 0 aliphatic carbocycles. The van der Waals surface area contributed by atoms with Crippen molar-refractivity contribution in [1.82, 2.24) is 9.80 Å². The molecule has 1 atom stereocenters. The van der Waals surface area contributed by atoms with Crippen molar-refractivity contribution in [2.24, 2.45) is 0 Å². The maximum Gasteiger partial charge on any atom is 0.389 e. The number of hydrogen-bond acceptors (Lipinski definition) is 5. The molecule has 0 spiro atoms. The molecular weight excluding hydrogens is 357 g/mol. The second kappa shape index (κ2) is 8.35. The lowest BCUT2D eigenvalue weighted by molar-refractivity contribution is -0.137. The van der Waals surface area contributed by atoms with Crippen LogP contribution in [-0.2, 0) is 9.53 Å². The molecule has 0 radical (unpaired) electrons. The molecule has 2 rings (SSSR count). The normalized spacial score (nSPS) is 22.3. The third kappa shape index (κ3) is 5.07. The van der Waals surface area contributed by atoms with Crippen LogP contribution in [0.2, 0.25) is 0 Å². The summed E-state index contributed by atoms with van der Waals surface area (Å²) in [6, 6.07) is 0. The number of carbonyl (C=O) groups is 1. The Kier molecular flexibility index (Phi) is 6.67. The number of allylic oxidation sites excluding steroid dienone is 2. The van der Waals surface area contributed by atoms with Gasteiger partial charge in [0, 0.05) is 26.1 Å². The summed E-state index contributed by atoms with van der Waals surface area (Å²) in [5.74, 6) is -0.248. The van der Waals surface area contributed by atoms with E-state index in [0.29, 0.717) is 31.9 Å². The zero-order valence-corrected chi connectivity index (χ0v) is 15.1. The van der Waals surface area contributed by atoms with Crippen molar-refractivity contribution in [3.8, 4) is 0 Å². The SMILES string of the molecule is CSC1C(C(=O)O)=C(C)C=C(N2CCOCC2)N1CCCC(F)(F)F. The number of carboxylic acid groups (broad SMARTS) is 1. The average Bonchev–Trinajstić information content (AvgIpc) is 2.54. The van der Waals surface area contributed by atoms with E-state index in [1.807, 2.05) is 0 Å². The lowest BCUT2D eigenvalue weighted by atomic mass is 10.0. The Morgan fingerprint density at radius 1 is 1.40 bits per heavy atom. The van der Waals surface area contributed by atoms with Gasteiger partial charge in [0.25, 0.3) is 0 Å². The van der Waals surface area contributed by atoms with Crippen molar-refractivity contribution in [3.05, 3.63) is 23.0 Å². The first-order valence-corrected chi connectivity index (χ1v) is 9.38. The fraction of sp³-hybridized carbons (Fsp3) is 0.688. The molecule has 1 N–H and O–H groups in total. The summed E-state index contributed by atoms with van der Waals surface area (Å²) in [5.41, 5.74) is 0.872. The summed E-state index contributed by atoms with van der Waals surface area (Å²) in [7, 11) is 0. The zero-order chi connectivity index (χ0) is 18.6. The molecule has 2 aliphatic heterocycles. The Morgan fingerprint density at radius 3 is 2.56 bits per heavy atom. The molecule has 0 aromatic heterocycles. The number of ether oxygens (including phenoxy) is 1. The molecule has 1 saturated heterocycles. The van der Waals surface area contributed by atoms with Gasteiger partial charge in [-0.1, -0.05) is 0 Å². The Morgan fingerprint density at radius 2 is 2.04 bits per heavy atom. The Bertz CT molecular complexity index is 557. The van der Waals surface area contributed by atoms with E-state index in [0.717, 1.165) is 5.82 Å². The number of thioether (sulfide) groups is 1. The van der Waals surface area contributed by atoms with Crippen LogP contribution in [0.25, 0.3) is 0 Å². The molecule has 9 heteroatoms. The van der Waals surface area contributed by atoms with Gasteiger partial charge in [-0.2, -0.15) is 13.2 Å². The lowest BCUT2D eigenvalue weighted by Gasteiger charge is -2.44. The van der Waals surface area contributed by atoms with E-state index >= 15 is 0 Å². The largest absolute Gasteiger partial charge is 0.478 e. The smallest absolute Gasteiger partial charge is 0.389 e. The Hall–Kier alpha value is -1.35. The summed E-state index contributed by atoms with van der Waals surface area (Å²) in [4.78, 5) is 15.5. The van der Waals surface area contributed by atoms with Crippen molar-refractivity contribution >= 4 is 17.7 Å². The van der Waals surface area contributed by atoms with Gasteiger partial charge in [-0.15, -0.1) is 11.8 Å². The van der Waals surface area contributed by atoms with Crippen LogP contribution in [0.15, 0.2) is 23.0 Å². The van der Waals surface area contributed by atoms with E-state index in [1.54, 1.807) is 24.2 Å². The Balaban J connectivity index is 2.28. The minimum absolute atomic E-state index is 0.0752. The molecule has 1 fully saturated rings. The van der Waals surface area contributed by atoms with Crippen LogP contribution in [0.3, 0.4) is 0 Å². The molecule has 0 bridgehead atoms. The van der Waals surface area contributed by atoms with Crippen LogP contribution in [0.1, 0.15) is 19.8 Å². The number of hydrogen-bond donors (Lipinski definition) is 1. The zero-order valence-electron chi connectivity index (χ0n) is 14.3. The van der Waals surface area contributed by atoms with E-state index in [9.17, 15) is 23.1 Å².